The van der Waals surface area contributed by atoms with E-state index in [1.165, 1.54) is 0 Å². The molecule has 1 unspecified atom stereocenters. The summed E-state index contributed by atoms with van der Waals surface area (Å²) >= 11 is 0. The van der Waals surface area contributed by atoms with Crippen molar-refractivity contribution < 1.29 is 9.90 Å². The van der Waals surface area contributed by atoms with Gasteiger partial charge in [0.1, 0.15) is 0 Å². The lowest BCUT2D eigenvalue weighted by atomic mass is 9.61. The molecule has 2 aliphatic rings. The van der Waals surface area contributed by atoms with Gasteiger partial charge in [-0.3, -0.25) is 4.79 Å². The first-order valence-electron chi connectivity index (χ1n) is 7.25. The SMILES string of the molecule is CC1CC(CN)(C(=O)N2CCCCCC2CO)C1. The molecule has 1 atom stereocenters. The van der Waals surface area contributed by atoms with E-state index >= 15 is 0 Å². The van der Waals surface area contributed by atoms with Gasteiger partial charge in [0.25, 0.3) is 0 Å². The molecule has 0 aromatic rings. The highest BCUT2D eigenvalue weighted by molar-refractivity contribution is 5.84. The largest absolute Gasteiger partial charge is 0.394 e. The molecule has 1 saturated carbocycles. The van der Waals surface area contributed by atoms with Gasteiger partial charge in [0.15, 0.2) is 0 Å². The third-order valence-corrected chi connectivity index (χ3v) is 4.67. The highest BCUT2D eigenvalue weighted by atomic mass is 16.3. The standard InChI is InChI=1S/C14H26N2O2/c1-11-7-14(8-11,10-15)13(18)16-6-4-2-3-5-12(16)9-17/h11-12,17H,2-10,15H2,1H3. The van der Waals surface area contributed by atoms with Crippen LogP contribution in [0.2, 0.25) is 0 Å². The first kappa shape index (κ1) is 13.8. The Kier molecular flexibility index (Phi) is 4.28. The van der Waals surface area contributed by atoms with Gasteiger partial charge in [-0.1, -0.05) is 19.8 Å². The zero-order valence-corrected chi connectivity index (χ0v) is 11.4. The van der Waals surface area contributed by atoms with Crippen molar-refractivity contribution in [1.82, 2.24) is 4.90 Å². The van der Waals surface area contributed by atoms with Gasteiger partial charge >= 0.3 is 0 Å². The van der Waals surface area contributed by atoms with E-state index in [4.69, 9.17) is 5.73 Å². The van der Waals surface area contributed by atoms with E-state index in [0.717, 1.165) is 45.1 Å². The molecule has 1 aliphatic heterocycles. The summed E-state index contributed by atoms with van der Waals surface area (Å²) in [7, 11) is 0. The third kappa shape index (κ3) is 2.41. The van der Waals surface area contributed by atoms with Crippen LogP contribution in [0.3, 0.4) is 0 Å². The number of hydrogen-bond acceptors (Lipinski definition) is 3. The van der Waals surface area contributed by atoms with Crippen LogP contribution in [0.25, 0.3) is 0 Å². The summed E-state index contributed by atoms with van der Waals surface area (Å²) in [6, 6.07) is 0.0133. The van der Waals surface area contributed by atoms with Crippen LogP contribution < -0.4 is 5.73 Å². The maximum Gasteiger partial charge on any atom is 0.230 e. The van der Waals surface area contributed by atoms with E-state index in [-0.39, 0.29) is 24.0 Å². The molecule has 4 heteroatoms. The average molecular weight is 254 g/mol. The normalized spacial score (nSPS) is 36.9. The molecule has 2 rings (SSSR count). The van der Waals surface area contributed by atoms with Crippen LogP contribution in [0.4, 0.5) is 0 Å². The highest BCUT2D eigenvalue weighted by Crippen LogP contribution is 2.46. The smallest absolute Gasteiger partial charge is 0.230 e. The number of hydrogen-bond donors (Lipinski definition) is 2. The van der Waals surface area contributed by atoms with Gasteiger partial charge in [-0.25, -0.2) is 0 Å². The van der Waals surface area contributed by atoms with Crippen LogP contribution >= 0.6 is 0 Å². The van der Waals surface area contributed by atoms with E-state index < -0.39 is 0 Å². The second-order valence-corrected chi connectivity index (χ2v) is 6.18. The quantitative estimate of drug-likeness (QED) is 0.793. The van der Waals surface area contributed by atoms with Gasteiger partial charge in [0, 0.05) is 13.1 Å². The first-order chi connectivity index (χ1) is 8.63. The summed E-state index contributed by atoms with van der Waals surface area (Å²) in [6.07, 6.45) is 6.08. The van der Waals surface area contributed by atoms with Crippen molar-refractivity contribution in [2.75, 3.05) is 19.7 Å². The number of rotatable bonds is 3. The predicted molar refractivity (Wildman–Crippen MR) is 70.9 cm³/mol. The molecule has 0 aromatic heterocycles. The van der Waals surface area contributed by atoms with Crippen molar-refractivity contribution in [3.05, 3.63) is 0 Å². The average Bonchev–Trinajstić information content (AvgIpc) is 2.58. The third-order valence-electron chi connectivity index (χ3n) is 4.67. The molecule has 1 saturated heterocycles. The molecule has 1 amide bonds. The minimum absolute atomic E-state index is 0.0133. The Morgan fingerprint density at radius 3 is 2.67 bits per heavy atom. The van der Waals surface area contributed by atoms with Crippen molar-refractivity contribution >= 4 is 5.91 Å². The maximum absolute atomic E-state index is 12.7. The lowest BCUT2D eigenvalue weighted by Crippen LogP contribution is -2.57. The summed E-state index contributed by atoms with van der Waals surface area (Å²) in [5, 5.41) is 9.49. The molecule has 4 nitrogen and oxygen atoms in total. The van der Waals surface area contributed by atoms with Gasteiger partial charge < -0.3 is 15.7 Å². The van der Waals surface area contributed by atoms with Crippen LogP contribution in [0.1, 0.15) is 45.4 Å². The molecule has 1 heterocycles. The summed E-state index contributed by atoms with van der Waals surface area (Å²) in [4.78, 5) is 14.7. The Labute approximate surface area is 110 Å². The van der Waals surface area contributed by atoms with Gasteiger partial charge in [-0.05, 0) is 31.6 Å². The molecule has 0 radical (unpaired) electrons. The van der Waals surface area contributed by atoms with Crippen molar-refractivity contribution in [2.24, 2.45) is 17.1 Å². The zero-order chi connectivity index (χ0) is 13.2. The highest BCUT2D eigenvalue weighted by Gasteiger charge is 2.49. The summed E-state index contributed by atoms with van der Waals surface area (Å²) in [5.74, 6) is 0.807. The van der Waals surface area contributed by atoms with Crippen LogP contribution in [0.15, 0.2) is 0 Å². The monoisotopic (exact) mass is 254 g/mol. The number of aliphatic hydroxyl groups is 1. The minimum Gasteiger partial charge on any atom is -0.394 e. The topological polar surface area (TPSA) is 66.6 Å². The fourth-order valence-electron chi connectivity index (χ4n) is 3.64. The maximum atomic E-state index is 12.7. The van der Waals surface area contributed by atoms with E-state index in [1.807, 2.05) is 4.90 Å². The second kappa shape index (κ2) is 5.57. The molecule has 1 aliphatic carbocycles. The fourth-order valence-corrected chi connectivity index (χ4v) is 3.64. The van der Waals surface area contributed by atoms with Gasteiger partial charge in [0.05, 0.1) is 18.1 Å². The Bertz CT molecular complexity index is 300. The number of amides is 1. The molecule has 3 N–H and O–H groups in total. The number of aliphatic hydroxyl groups excluding tert-OH is 1. The van der Waals surface area contributed by atoms with Crippen LogP contribution in [-0.4, -0.2) is 41.7 Å². The fraction of sp³-hybridized carbons (Fsp3) is 0.929. The van der Waals surface area contributed by atoms with E-state index in [2.05, 4.69) is 6.92 Å². The number of nitrogens with zero attached hydrogens (tertiary/aromatic N) is 1. The lowest BCUT2D eigenvalue weighted by Gasteiger charge is -2.48. The van der Waals surface area contributed by atoms with Gasteiger partial charge in [0.2, 0.25) is 5.91 Å². The molecule has 0 bridgehead atoms. The van der Waals surface area contributed by atoms with Crippen molar-refractivity contribution in [2.45, 2.75) is 51.5 Å². The molecule has 18 heavy (non-hydrogen) atoms. The molecular formula is C14H26N2O2. The number of nitrogens with two attached hydrogens (primary N) is 1. The van der Waals surface area contributed by atoms with E-state index in [9.17, 15) is 9.90 Å². The number of carbonyl (C=O) groups excluding carboxylic acids is 1. The van der Waals surface area contributed by atoms with Crippen molar-refractivity contribution in [1.29, 1.82) is 0 Å². The zero-order valence-electron chi connectivity index (χ0n) is 11.4. The number of likely N-dealkylation sites (tertiary alicyclic amines) is 1. The first-order valence-corrected chi connectivity index (χ1v) is 7.25. The van der Waals surface area contributed by atoms with Gasteiger partial charge in [-0.2, -0.15) is 0 Å². The predicted octanol–water partition coefficient (Wildman–Crippen LogP) is 1.12. The Hall–Kier alpha value is -0.610. The van der Waals surface area contributed by atoms with Crippen molar-refractivity contribution in [3.8, 4) is 0 Å². The molecule has 2 fully saturated rings. The minimum atomic E-state index is -0.322. The van der Waals surface area contributed by atoms with Gasteiger partial charge in [-0.15, -0.1) is 0 Å². The summed E-state index contributed by atoms with van der Waals surface area (Å²) in [6.45, 7) is 3.50. The molecular weight excluding hydrogens is 228 g/mol. The second-order valence-electron chi connectivity index (χ2n) is 6.18. The van der Waals surface area contributed by atoms with Crippen LogP contribution in [0, 0.1) is 11.3 Å². The molecule has 0 spiro atoms. The van der Waals surface area contributed by atoms with Crippen LogP contribution in [0.5, 0.6) is 0 Å². The molecule has 0 aromatic carbocycles. The van der Waals surface area contributed by atoms with Crippen LogP contribution in [-0.2, 0) is 4.79 Å². The number of carbonyl (C=O) groups is 1. The summed E-state index contributed by atoms with van der Waals surface area (Å²) in [5.41, 5.74) is 5.53. The molecule has 104 valence electrons. The van der Waals surface area contributed by atoms with Crippen molar-refractivity contribution in [3.63, 3.8) is 0 Å². The Balaban J connectivity index is 2.10. The van der Waals surface area contributed by atoms with E-state index in [0.29, 0.717) is 12.5 Å². The van der Waals surface area contributed by atoms with E-state index in [1.54, 1.807) is 0 Å². The Morgan fingerprint density at radius 1 is 1.39 bits per heavy atom. The lowest BCUT2D eigenvalue weighted by molar-refractivity contribution is -0.153. The Morgan fingerprint density at radius 2 is 2.11 bits per heavy atom. The summed E-state index contributed by atoms with van der Waals surface area (Å²) < 4.78 is 0.